The third-order valence-corrected chi connectivity index (χ3v) is 14.5. The van der Waals surface area contributed by atoms with Crippen molar-refractivity contribution in [2.75, 3.05) is 182 Å². The molecule has 8 rings (SSSR count). The zero-order valence-electron chi connectivity index (χ0n) is 62.4. The van der Waals surface area contributed by atoms with Crippen molar-refractivity contribution in [1.82, 2.24) is 19.9 Å². The Hall–Kier alpha value is -9.48. The Kier molecular flexibility index (Phi) is 46.7. The minimum atomic E-state index is 0.480. The fraction of sp³-hybridized carbons (Fsp3) is 0.381. The van der Waals surface area contributed by atoms with Gasteiger partial charge in [-0.05, 0) is 143 Å². The highest BCUT2D eigenvalue weighted by Crippen LogP contribution is 2.19. The first-order chi connectivity index (χ1) is 51.3. The van der Waals surface area contributed by atoms with Crippen LogP contribution in [0.5, 0.6) is 23.5 Å². The van der Waals surface area contributed by atoms with Crippen LogP contribution in [0.15, 0.2) is 170 Å². The molecule has 560 valence electrons. The van der Waals surface area contributed by atoms with Crippen molar-refractivity contribution in [3.8, 4) is 23.5 Å². The molecule has 20 heteroatoms. The quantitative estimate of drug-likeness (QED) is 0.0261. The summed E-state index contributed by atoms with van der Waals surface area (Å²) < 4.78 is 65.4. The molecule has 0 fully saturated rings. The van der Waals surface area contributed by atoms with E-state index < -0.39 is 0 Å². The van der Waals surface area contributed by atoms with Gasteiger partial charge in [0.15, 0.2) is 0 Å². The lowest BCUT2D eigenvalue weighted by Crippen LogP contribution is -2.11. The van der Waals surface area contributed by atoms with Gasteiger partial charge in [-0.15, -0.1) is 0 Å². The maximum atomic E-state index is 5.57. The number of hydrogen-bond donors (Lipinski definition) is 4. The van der Waals surface area contributed by atoms with E-state index in [4.69, 9.17) is 56.8 Å². The number of rotatable bonds is 48. The summed E-state index contributed by atoms with van der Waals surface area (Å²) in [6, 6.07) is 48.4. The first kappa shape index (κ1) is 85.2. The van der Waals surface area contributed by atoms with Gasteiger partial charge in [0.1, 0.15) is 26.4 Å². The summed E-state index contributed by atoms with van der Waals surface area (Å²) in [6.45, 7) is 20.4. The number of ether oxygens (including phenoxy) is 12. The van der Waals surface area contributed by atoms with Crippen LogP contribution in [0.25, 0.3) is 48.6 Å². The monoisotopic (exact) mass is 1420 g/mol. The molecule has 0 atom stereocenters. The Bertz CT molecular complexity index is 3030. The summed E-state index contributed by atoms with van der Waals surface area (Å²) in [5.41, 5.74) is 13.1. The van der Waals surface area contributed by atoms with E-state index in [1.807, 2.05) is 150 Å². The second kappa shape index (κ2) is 57.0. The molecule has 0 unspecified atom stereocenters. The molecule has 0 bridgehead atoms. The standard InChI is InChI=1S/4C21H28N2O3/c4*1-3-12-24-13-14-25-15-16-26-21-11-8-19(17-23-21)5-4-18-6-9-20(22-2)10-7-18/h4*4-11,17,22H,3,12-16H2,1-2H3/b4*5-4+. The van der Waals surface area contributed by atoms with E-state index in [0.717, 1.165) is 119 Å². The molecule has 0 radical (unpaired) electrons. The van der Waals surface area contributed by atoms with E-state index in [2.05, 4.69) is 142 Å². The zero-order chi connectivity index (χ0) is 73.8. The van der Waals surface area contributed by atoms with E-state index >= 15 is 0 Å². The molecule has 0 saturated carbocycles. The molecule has 104 heavy (non-hydrogen) atoms. The molecule has 20 nitrogen and oxygen atoms in total. The zero-order valence-corrected chi connectivity index (χ0v) is 62.4. The Morgan fingerprint density at radius 3 is 0.538 bits per heavy atom. The van der Waals surface area contributed by atoms with Crippen LogP contribution in [0.3, 0.4) is 0 Å². The van der Waals surface area contributed by atoms with Crippen LogP contribution < -0.4 is 40.2 Å². The van der Waals surface area contributed by atoms with Gasteiger partial charge < -0.3 is 78.1 Å². The third-order valence-electron chi connectivity index (χ3n) is 14.5. The van der Waals surface area contributed by atoms with E-state index in [9.17, 15) is 0 Å². The summed E-state index contributed by atoms with van der Waals surface area (Å²) in [5, 5.41) is 12.4. The topological polar surface area (TPSA) is 210 Å². The van der Waals surface area contributed by atoms with Gasteiger partial charge in [0, 0.05) is 126 Å². The molecule has 0 aliphatic carbocycles. The smallest absolute Gasteiger partial charge is 0.213 e. The molecule has 0 aliphatic rings. The van der Waals surface area contributed by atoms with E-state index in [1.54, 1.807) is 24.8 Å². The van der Waals surface area contributed by atoms with Crippen LogP contribution in [0.1, 0.15) is 97.9 Å². The summed E-state index contributed by atoms with van der Waals surface area (Å²) in [5.74, 6) is 2.41. The summed E-state index contributed by atoms with van der Waals surface area (Å²) in [6.07, 6.45) is 27.7. The number of anilines is 4. The highest BCUT2D eigenvalue weighted by molar-refractivity contribution is 5.73. The summed E-state index contributed by atoms with van der Waals surface area (Å²) in [4.78, 5) is 17.3. The molecule has 4 N–H and O–H groups in total. The van der Waals surface area contributed by atoms with E-state index in [1.165, 1.54) is 0 Å². The van der Waals surface area contributed by atoms with Crippen molar-refractivity contribution < 1.29 is 56.8 Å². The second-order valence-electron chi connectivity index (χ2n) is 22.8. The maximum Gasteiger partial charge on any atom is 0.213 e. The Labute approximate surface area is 618 Å². The summed E-state index contributed by atoms with van der Waals surface area (Å²) in [7, 11) is 7.64. The fourth-order valence-electron chi connectivity index (χ4n) is 8.80. The number of nitrogens with zero attached hydrogens (tertiary/aromatic N) is 4. The number of pyridine rings is 4. The lowest BCUT2D eigenvalue weighted by molar-refractivity contribution is 0.0361. The molecule has 0 amide bonds. The largest absolute Gasteiger partial charge is 0.475 e. The minimum absolute atomic E-state index is 0.480. The third kappa shape index (κ3) is 40.4. The molecule has 0 aliphatic heterocycles. The molecule has 8 aromatic rings. The van der Waals surface area contributed by atoms with Gasteiger partial charge in [-0.25, -0.2) is 19.9 Å². The average Bonchev–Trinajstić information content (AvgIpc) is 0.998. The maximum absolute atomic E-state index is 5.57. The van der Waals surface area contributed by atoms with Crippen LogP contribution in [-0.4, -0.2) is 180 Å². The lowest BCUT2D eigenvalue weighted by Gasteiger charge is -2.07. The van der Waals surface area contributed by atoms with Crippen LogP contribution in [0.4, 0.5) is 22.7 Å². The molecule has 4 heterocycles. The van der Waals surface area contributed by atoms with Crippen molar-refractivity contribution in [2.24, 2.45) is 0 Å². The van der Waals surface area contributed by atoms with Gasteiger partial charge in [0.2, 0.25) is 23.5 Å². The number of nitrogens with one attached hydrogen (secondary N) is 4. The van der Waals surface area contributed by atoms with Gasteiger partial charge in [0.25, 0.3) is 0 Å². The molecule has 4 aromatic carbocycles. The average molecular weight is 1430 g/mol. The van der Waals surface area contributed by atoms with Crippen molar-refractivity contribution in [1.29, 1.82) is 0 Å². The minimum Gasteiger partial charge on any atom is -0.475 e. The van der Waals surface area contributed by atoms with Crippen molar-refractivity contribution in [2.45, 2.75) is 53.4 Å². The SMILES string of the molecule is CCCOCCOCCOc1ccc(/C=C/c2ccc(NC)cc2)cn1.CCCOCCOCCOc1ccc(/C=C/c2ccc(NC)cc2)cn1.CCCOCCOCCOc1ccc(/C=C/c2ccc(NC)cc2)cn1.CCCOCCOCCOc1ccc(/C=C/c2ccc(NC)cc2)cn1. The molecule has 0 saturated heterocycles. The van der Waals surface area contributed by atoms with Crippen molar-refractivity contribution in [3.05, 3.63) is 215 Å². The Morgan fingerprint density at radius 1 is 0.212 bits per heavy atom. The number of hydrogen-bond acceptors (Lipinski definition) is 20. The van der Waals surface area contributed by atoms with Gasteiger partial charge in [0.05, 0.1) is 79.3 Å². The van der Waals surface area contributed by atoms with Crippen LogP contribution in [0.2, 0.25) is 0 Å². The number of aromatic nitrogens is 4. The van der Waals surface area contributed by atoms with Gasteiger partial charge in [-0.1, -0.05) is 125 Å². The predicted octanol–water partition coefficient (Wildman–Crippen LogP) is 16.5. The van der Waals surface area contributed by atoms with E-state index in [0.29, 0.717) is 129 Å². The molecular formula is C84H112N8O12. The normalized spacial score (nSPS) is 11.0. The lowest BCUT2D eigenvalue weighted by atomic mass is 10.1. The predicted molar refractivity (Wildman–Crippen MR) is 426 cm³/mol. The first-order valence-corrected chi connectivity index (χ1v) is 36.1. The van der Waals surface area contributed by atoms with Crippen LogP contribution in [0, 0.1) is 0 Å². The second-order valence-corrected chi connectivity index (χ2v) is 22.8. The van der Waals surface area contributed by atoms with Crippen molar-refractivity contribution in [3.63, 3.8) is 0 Å². The van der Waals surface area contributed by atoms with Crippen LogP contribution in [-0.2, 0) is 37.9 Å². The highest BCUT2D eigenvalue weighted by Gasteiger charge is 2.03. The molecule has 4 aromatic heterocycles. The molecule has 0 spiro atoms. The van der Waals surface area contributed by atoms with Gasteiger partial charge >= 0.3 is 0 Å². The molecular weight excluding hydrogens is 1310 g/mol. The number of benzene rings is 4. The van der Waals surface area contributed by atoms with Crippen molar-refractivity contribution >= 4 is 71.4 Å². The Balaban J connectivity index is 0.000000249. The highest BCUT2D eigenvalue weighted by atomic mass is 16.6. The Morgan fingerprint density at radius 2 is 0.375 bits per heavy atom. The fourth-order valence-corrected chi connectivity index (χ4v) is 8.80. The van der Waals surface area contributed by atoms with Gasteiger partial charge in [-0.3, -0.25) is 0 Å². The van der Waals surface area contributed by atoms with E-state index in [-0.39, 0.29) is 0 Å². The first-order valence-electron chi connectivity index (χ1n) is 36.1. The van der Waals surface area contributed by atoms with Crippen LogP contribution >= 0.6 is 0 Å². The summed E-state index contributed by atoms with van der Waals surface area (Å²) >= 11 is 0. The van der Waals surface area contributed by atoms with Gasteiger partial charge in [-0.2, -0.15) is 0 Å².